The van der Waals surface area contributed by atoms with E-state index in [2.05, 4.69) is 37.2 Å². The Hall–Kier alpha value is -2.28. The molecule has 32 heavy (non-hydrogen) atoms. The average molecular weight is 560 g/mol. The second-order valence-electron chi connectivity index (χ2n) is 7.20. The number of piperazine rings is 1. The molecule has 0 saturated carbocycles. The van der Waals surface area contributed by atoms with Gasteiger partial charge in [0.15, 0.2) is 23.3 Å². The Kier molecular flexibility index (Phi) is 10.3. The fourth-order valence-corrected chi connectivity index (χ4v) is 3.58. The van der Waals surface area contributed by atoms with E-state index in [9.17, 15) is 0 Å². The van der Waals surface area contributed by atoms with E-state index >= 15 is 0 Å². The molecule has 1 aromatic carbocycles. The summed E-state index contributed by atoms with van der Waals surface area (Å²) in [4.78, 5) is 13.5. The number of nitrogens with zero attached hydrogens (tertiary/aromatic N) is 5. The van der Waals surface area contributed by atoms with Crippen LogP contribution in [0.5, 0.6) is 17.2 Å². The molecule has 0 bridgehead atoms. The second kappa shape index (κ2) is 12.7. The summed E-state index contributed by atoms with van der Waals surface area (Å²) in [7, 11) is 4.89. The van der Waals surface area contributed by atoms with E-state index in [0.29, 0.717) is 35.5 Å². The maximum absolute atomic E-state index is 5.48. The molecule has 1 fully saturated rings. The number of methoxy groups -OCH3 is 3. The first-order valence-electron chi connectivity index (χ1n) is 10.4. The minimum atomic E-state index is 0. The molecule has 0 unspecified atom stereocenters. The van der Waals surface area contributed by atoms with Crippen molar-refractivity contribution in [2.24, 2.45) is 4.99 Å². The van der Waals surface area contributed by atoms with E-state index in [0.717, 1.165) is 50.8 Å². The van der Waals surface area contributed by atoms with Gasteiger partial charge >= 0.3 is 0 Å². The molecule has 1 aromatic heterocycles. The smallest absolute Gasteiger partial charge is 0.248 e. The summed E-state index contributed by atoms with van der Waals surface area (Å²) in [5, 5.41) is 7.17. The maximum Gasteiger partial charge on any atom is 0.248 e. The van der Waals surface area contributed by atoms with Gasteiger partial charge in [0.25, 0.3) is 0 Å². The molecular weight excluding hydrogens is 527 g/mol. The zero-order valence-electron chi connectivity index (χ0n) is 19.4. The van der Waals surface area contributed by atoms with Gasteiger partial charge in [-0.15, -0.1) is 24.0 Å². The quantitative estimate of drug-likeness (QED) is 0.297. The molecule has 0 amide bonds. The zero-order chi connectivity index (χ0) is 22.2. The largest absolute Gasteiger partial charge is 0.493 e. The minimum Gasteiger partial charge on any atom is -0.493 e. The summed E-state index contributed by atoms with van der Waals surface area (Å²) in [6.07, 6.45) is 0. The van der Waals surface area contributed by atoms with Crippen LogP contribution in [-0.2, 0) is 13.1 Å². The normalized spacial score (nSPS) is 14.7. The number of ether oxygens (including phenoxy) is 3. The fourth-order valence-electron chi connectivity index (χ4n) is 3.58. The van der Waals surface area contributed by atoms with Crippen molar-refractivity contribution in [1.29, 1.82) is 0 Å². The van der Waals surface area contributed by atoms with Crippen molar-refractivity contribution in [1.82, 2.24) is 25.3 Å². The number of rotatable bonds is 8. The Balaban J connectivity index is 0.00000363. The number of hydrogen-bond donors (Lipinski definition) is 1. The van der Waals surface area contributed by atoms with Crippen LogP contribution >= 0.6 is 24.0 Å². The first kappa shape index (κ1) is 26.0. The Morgan fingerprint density at radius 3 is 2.25 bits per heavy atom. The molecule has 1 N–H and O–H groups in total. The van der Waals surface area contributed by atoms with Crippen LogP contribution in [0.1, 0.15) is 24.2 Å². The van der Waals surface area contributed by atoms with Crippen LogP contribution in [0.25, 0.3) is 0 Å². The van der Waals surface area contributed by atoms with E-state index in [1.54, 1.807) is 28.3 Å². The van der Waals surface area contributed by atoms with Crippen molar-refractivity contribution in [3.05, 3.63) is 29.4 Å². The first-order valence-corrected chi connectivity index (χ1v) is 10.4. The van der Waals surface area contributed by atoms with Crippen LogP contribution in [-0.4, -0.2) is 80.0 Å². The van der Waals surface area contributed by atoms with Gasteiger partial charge in [0, 0.05) is 39.3 Å². The number of benzene rings is 1. The van der Waals surface area contributed by atoms with Crippen LogP contribution in [0.4, 0.5) is 0 Å². The van der Waals surface area contributed by atoms with Gasteiger partial charge in [0.1, 0.15) is 6.54 Å². The van der Waals surface area contributed by atoms with Crippen LogP contribution in [0.3, 0.4) is 0 Å². The molecule has 11 heteroatoms. The SMILES string of the molecule is CCNC(=NCc1nc(C)no1)N1CCN(Cc2cc(OC)c(OC)c(OC)c2)CC1.I. The first-order chi connectivity index (χ1) is 15.1. The van der Waals surface area contributed by atoms with Crippen molar-refractivity contribution in [2.75, 3.05) is 54.1 Å². The Morgan fingerprint density at radius 1 is 1.09 bits per heavy atom. The number of aliphatic imine (C=N–C) groups is 1. The van der Waals surface area contributed by atoms with Gasteiger partial charge in [-0.05, 0) is 31.5 Å². The number of aryl methyl sites for hydroxylation is 1. The molecule has 0 atom stereocenters. The van der Waals surface area contributed by atoms with Crippen molar-refractivity contribution in [2.45, 2.75) is 26.9 Å². The molecule has 3 rings (SSSR count). The highest BCUT2D eigenvalue weighted by molar-refractivity contribution is 14.0. The molecule has 178 valence electrons. The fraction of sp³-hybridized carbons (Fsp3) is 0.571. The van der Waals surface area contributed by atoms with Crippen molar-refractivity contribution in [3.8, 4) is 17.2 Å². The van der Waals surface area contributed by atoms with Gasteiger partial charge < -0.3 is 29.0 Å². The number of hydrogen-bond acceptors (Lipinski definition) is 8. The van der Waals surface area contributed by atoms with Gasteiger partial charge in [0.05, 0.1) is 21.3 Å². The van der Waals surface area contributed by atoms with E-state index in [4.69, 9.17) is 18.7 Å². The molecule has 0 radical (unpaired) electrons. The summed E-state index contributed by atoms with van der Waals surface area (Å²) in [5.41, 5.74) is 1.12. The minimum absolute atomic E-state index is 0. The van der Waals surface area contributed by atoms with E-state index in [-0.39, 0.29) is 24.0 Å². The molecule has 1 aliphatic heterocycles. The van der Waals surface area contributed by atoms with E-state index in [1.165, 1.54) is 0 Å². The van der Waals surface area contributed by atoms with Crippen LogP contribution in [0, 0.1) is 6.92 Å². The lowest BCUT2D eigenvalue weighted by Gasteiger charge is -2.36. The highest BCUT2D eigenvalue weighted by Crippen LogP contribution is 2.38. The summed E-state index contributed by atoms with van der Waals surface area (Å²) in [6.45, 7) is 9.42. The predicted octanol–water partition coefficient (Wildman–Crippen LogP) is 2.31. The lowest BCUT2D eigenvalue weighted by atomic mass is 10.1. The number of halogens is 1. The van der Waals surface area contributed by atoms with E-state index in [1.807, 2.05) is 12.1 Å². The molecular formula is C21H33IN6O4. The van der Waals surface area contributed by atoms with Crippen molar-refractivity contribution < 1.29 is 18.7 Å². The summed E-state index contributed by atoms with van der Waals surface area (Å²) in [5.74, 6) is 3.97. The topological polar surface area (TPSA) is 97.5 Å². The Bertz CT molecular complexity index is 858. The number of aromatic nitrogens is 2. The van der Waals surface area contributed by atoms with Gasteiger partial charge in [-0.25, -0.2) is 4.99 Å². The summed E-state index contributed by atoms with van der Waals surface area (Å²) >= 11 is 0. The Labute approximate surface area is 206 Å². The second-order valence-corrected chi connectivity index (χ2v) is 7.20. The van der Waals surface area contributed by atoms with Crippen LogP contribution in [0.15, 0.2) is 21.6 Å². The third-order valence-electron chi connectivity index (χ3n) is 5.07. The molecule has 2 aromatic rings. The van der Waals surface area contributed by atoms with Crippen molar-refractivity contribution in [3.63, 3.8) is 0 Å². The molecule has 1 aliphatic rings. The standard InChI is InChI=1S/C21H32N6O4.HI/c1-6-22-21(23-13-19-24-15(2)25-31-19)27-9-7-26(8-10-27)14-16-11-17(28-3)20(30-5)18(12-16)29-4;/h11-12H,6-10,13-14H2,1-5H3,(H,22,23);1H. The van der Waals surface area contributed by atoms with Gasteiger partial charge in [-0.2, -0.15) is 4.98 Å². The molecule has 0 spiro atoms. The molecule has 10 nitrogen and oxygen atoms in total. The van der Waals surface area contributed by atoms with Gasteiger partial charge in [-0.3, -0.25) is 4.90 Å². The lowest BCUT2D eigenvalue weighted by Crippen LogP contribution is -2.52. The Morgan fingerprint density at radius 2 is 1.75 bits per heavy atom. The predicted molar refractivity (Wildman–Crippen MR) is 132 cm³/mol. The third kappa shape index (κ3) is 6.61. The maximum atomic E-state index is 5.48. The third-order valence-corrected chi connectivity index (χ3v) is 5.07. The van der Waals surface area contributed by atoms with Gasteiger partial charge in [-0.1, -0.05) is 5.16 Å². The summed E-state index contributed by atoms with van der Waals surface area (Å²) < 4.78 is 21.5. The number of guanidine groups is 1. The number of nitrogens with one attached hydrogen (secondary N) is 1. The monoisotopic (exact) mass is 560 g/mol. The lowest BCUT2D eigenvalue weighted by molar-refractivity contribution is 0.172. The molecule has 0 aliphatic carbocycles. The van der Waals surface area contributed by atoms with Crippen LogP contribution < -0.4 is 19.5 Å². The average Bonchev–Trinajstić information content (AvgIpc) is 3.21. The van der Waals surface area contributed by atoms with Crippen molar-refractivity contribution >= 4 is 29.9 Å². The molecule has 2 heterocycles. The van der Waals surface area contributed by atoms with Gasteiger partial charge in [0.2, 0.25) is 11.6 Å². The van der Waals surface area contributed by atoms with E-state index < -0.39 is 0 Å². The highest BCUT2D eigenvalue weighted by Gasteiger charge is 2.21. The highest BCUT2D eigenvalue weighted by atomic mass is 127. The zero-order valence-corrected chi connectivity index (χ0v) is 21.7. The van der Waals surface area contributed by atoms with Crippen LogP contribution in [0.2, 0.25) is 0 Å². The molecule has 1 saturated heterocycles. The summed E-state index contributed by atoms with van der Waals surface area (Å²) in [6, 6.07) is 4.01.